The Labute approximate surface area is 150 Å². The number of benzene rings is 1. The van der Waals surface area contributed by atoms with Gasteiger partial charge in [-0.15, -0.1) is 5.10 Å². The maximum atomic E-state index is 12.2. The van der Waals surface area contributed by atoms with Gasteiger partial charge >= 0.3 is 0 Å². The van der Waals surface area contributed by atoms with Crippen LogP contribution in [0.25, 0.3) is 5.69 Å². The molecular formula is C18H19N5O3. The maximum Gasteiger partial charge on any atom is 0.224 e. The van der Waals surface area contributed by atoms with Crippen molar-refractivity contribution in [2.24, 2.45) is 0 Å². The summed E-state index contributed by atoms with van der Waals surface area (Å²) in [6, 6.07) is 9.06. The van der Waals surface area contributed by atoms with Crippen LogP contribution in [0.4, 0.5) is 0 Å². The molecule has 1 N–H and O–H groups in total. The molecule has 0 aliphatic carbocycles. The van der Waals surface area contributed by atoms with E-state index in [2.05, 4.69) is 20.6 Å². The highest BCUT2D eigenvalue weighted by molar-refractivity contribution is 5.78. The van der Waals surface area contributed by atoms with E-state index in [0.717, 1.165) is 11.3 Å². The molecule has 0 spiro atoms. The lowest BCUT2D eigenvalue weighted by Gasteiger charge is -2.09. The van der Waals surface area contributed by atoms with Crippen LogP contribution in [0.15, 0.2) is 48.9 Å². The molecule has 0 radical (unpaired) electrons. The van der Waals surface area contributed by atoms with E-state index in [9.17, 15) is 4.79 Å². The molecule has 0 atom stereocenters. The number of nitrogens with zero attached hydrogens (tertiary/aromatic N) is 4. The van der Waals surface area contributed by atoms with Crippen molar-refractivity contribution in [3.63, 3.8) is 0 Å². The molecule has 0 bridgehead atoms. The van der Waals surface area contributed by atoms with Crippen molar-refractivity contribution in [1.82, 2.24) is 25.3 Å². The van der Waals surface area contributed by atoms with E-state index < -0.39 is 0 Å². The summed E-state index contributed by atoms with van der Waals surface area (Å²) in [5, 5.41) is 10.9. The zero-order chi connectivity index (χ0) is 18.4. The largest absolute Gasteiger partial charge is 0.493 e. The minimum Gasteiger partial charge on any atom is -0.493 e. The van der Waals surface area contributed by atoms with E-state index in [4.69, 9.17) is 9.47 Å². The molecular weight excluding hydrogens is 334 g/mol. The third-order valence-corrected chi connectivity index (χ3v) is 3.75. The fourth-order valence-corrected chi connectivity index (χ4v) is 2.43. The molecule has 26 heavy (non-hydrogen) atoms. The van der Waals surface area contributed by atoms with Gasteiger partial charge in [-0.05, 0) is 29.8 Å². The normalized spacial score (nSPS) is 10.4. The van der Waals surface area contributed by atoms with E-state index in [1.54, 1.807) is 49.6 Å². The molecule has 0 saturated heterocycles. The van der Waals surface area contributed by atoms with Gasteiger partial charge in [0.1, 0.15) is 5.69 Å². The first kappa shape index (κ1) is 17.4. The summed E-state index contributed by atoms with van der Waals surface area (Å²) in [6.45, 7) is 0.303. The topological polar surface area (TPSA) is 91.2 Å². The zero-order valence-electron chi connectivity index (χ0n) is 14.5. The molecule has 2 heterocycles. The minimum atomic E-state index is -0.115. The smallest absolute Gasteiger partial charge is 0.224 e. The van der Waals surface area contributed by atoms with Gasteiger partial charge in [0.2, 0.25) is 5.91 Å². The standard InChI is InChI=1S/C18H19N5O3/c1-25-16-4-3-13(9-17(16)26-2)10-18(24)20-11-14-12-23(22-21-14)15-5-7-19-8-6-15/h3-9,12H,10-11H2,1-2H3,(H,20,24). The SMILES string of the molecule is COc1ccc(CC(=O)NCc2cn(-c3ccncc3)nn2)cc1OC. The van der Waals surface area contributed by atoms with E-state index >= 15 is 0 Å². The highest BCUT2D eigenvalue weighted by atomic mass is 16.5. The third-order valence-electron chi connectivity index (χ3n) is 3.75. The highest BCUT2D eigenvalue weighted by Gasteiger charge is 2.09. The van der Waals surface area contributed by atoms with Crippen LogP contribution in [-0.4, -0.2) is 40.1 Å². The second kappa shape index (κ2) is 8.11. The van der Waals surface area contributed by atoms with Gasteiger partial charge in [-0.25, -0.2) is 4.68 Å². The van der Waals surface area contributed by atoms with Gasteiger partial charge in [-0.2, -0.15) is 0 Å². The first-order chi connectivity index (χ1) is 12.7. The Balaban J connectivity index is 1.57. The van der Waals surface area contributed by atoms with Crippen molar-refractivity contribution in [3.8, 4) is 17.2 Å². The van der Waals surface area contributed by atoms with Crippen LogP contribution in [-0.2, 0) is 17.8 Å². The summed E-state index contributed by atoms with van der Waals surface area (Å²) < 4.78 is 12.1. The number of carbonyl (C=O) groups is 1. The van der Waals surface area contributed by atoms with Crippen LogP contribution in [0.1, 0.15) is 11.3 Å². The van der Waals surface area contributed by atoms with Crippen molar-refractivity contribution in [3.05, 3.63) is 60.2 Å². The van der Waals surface area contributed by atoms with E-state index in [1.807, 2.05) is 18.2 Å². The fourth-order valence-electron chi connectivity index (χ4n) is 2.43. The number of methoxy groups -OCH3 is 2. The number of pyridine rings is 1. The molecule has 134 valence electrons. The Kier molecular flexibility index (Phi) is 5.43. The molecule has 8 heteroatoms. The Bertz CT molecular complexity index is 880. The van der Waals surface area contributed by atoms with Crippen LogP contribution in [0.3, 0.4) is 0 Å². The summed E-state index contributed by atoms with van der Waals surface area (Å²) in [7, 11) is 3.14. The molecule has 0 fully saturated rings. The van der Waals surface area contributed by atoms with E-state index in [1.165, 1.54) is 0 Å². The third kappa shape index (κ3) is 4.15. The molecule has 0 aliphatic heterocycles. The van der Waals surface area contributed by atoms with Crippen LogP contribution in [0.5, 0.6) is 11.5 Å². The van der Waals surface area contributed by atoms with Crippen LogP contribution >= 0.6 is 0 Å². The molecule has 8 nitrogen and oxygen atoms in total. The Hall–Kier alpha value is -3.42. The summed E-state index contributed by atoms with van der Waals surface area (Å²) in [5.41, 5.74) is 2.36. The Morgan fingerprint density at radius 2 is 1.88 bits per heavy atom. The van der Waals surface area contributed by atoms with Gasteiger partial charge < -0.3 is 14.8 Å². The summed E-state index contributed by atoms with van der Waals surface area (Å²) in [6.07, 6.45) is 5.37. The van der Waals surface area contributed by atoms with Crippen molar-refractivity contribution >= 4 is 5.91 Å². The zero-order valence-corrected chi connectivity index (χ0v) is 14.5. The summed E-state index contributed by atoms with van der Waals surface area (Å²) >= 11 is 0. The number of ether oxygens (including phenoxy) is 2. The van der Waals surface area contributed by atoms with E-state index in [-0.39, 0.29) is 12.3 Å². The number of aromatic nitrogens is 4. The quantitative estimate of drug-likeness (QED) is 0.693. The van der Waals surface area contributed by atoms with Crippen molar-refractivity contribution in [2.45, 2.75) is 13.0 Å². The molecule has 2 aromatic heterocycles. The second-order valence-corrected chi connectivity index (χ2v) is 5.50. The van der Waals surface area contributed by atoms with Crippen LogP contribution in [0, 0.1) is 0 Å². The van der Waals surface area contributed by atoms with Crippen LogP contribution in [0.2, 0.25) is 0 Å². The monoisotopic (exact) mass is 353 g/mol. The molecule has 0 saturated carbocycles. The Morgan fingerprint density at radius 1 is 1.12 bits per heavy atom. The van der Waals surface area contributed by atoms with Gasteiger partial charge in [-0.3, -0.25) is 9.78 Å². The number of hydrogen-bond acceptors (Lipinski definition) is 6. The summed E-state index contributed by atoms with van der Waals surface area (Å²) in [4.78, 5) is 16.1. The lowest BCUT2D eigenvalue weighted by atomic mass is 10.1. The van der Waals surface area contributed by atoms with Gasteiger partial charge in [0.25, 0.3) is 0 Å². The Morgan fingerprint density at radius 3 is 2.62 bits per heavy atom. The predicted molar refractivity (Wildman–Crippen MR) is 94.3 cm³/mol. The first-order valence-electron chi connectivity index (χ1n) is 7.99. The maximum absolute atomic E-state index is 12.2. The number of hydrogen-bond donors (Lipinski definition) is 1. The fraction of sp³-hybridized carbons (Fsp3) is 0.222. The lowest BCUT2D eigenvalue weighted by Crippen LogP contribution is -2.24. The lowest BCUT2D eigenvalue weighted by molar-refractivity contribution is -0.120. The average molecular weight is 353 g/mol. The van der Waals surface area contributed by atoms with Crippen molar-refractivity contribution < 1.29 is 14.3 Å². The molecule has 0 unspecified atom stereocenters. The number of nitrogens with one attached hydrogen (secondary N) is 1. The number of carbonyl (C=O) groups excluding carboxylic acids is 1. The van der Waals surface area contributed by atoms with Crippen molar-refractivity contribution in [1.29, 1.82) is 0 Å². The predicted octanol–water partition coefficient (Wildman–Crippen LogP) is 1.54. The summed E-state index contributed by atoms with van der Waals surface area (Å²) in [5.74, 6) is 1.11. The molecule has 1 aromatic carbocycles. The highest BCUT2D eigenvalue weighted by Crippen LogP contribution is 2.27. The van der Waals surface area contributed by atoms with Gasteiger partial charge in [0.05, 0.1) is 39.1 Å². The first-order valence-corrected chi connectivity index (χ1v) is 7.99. The molecule has 0 aliphatic rings. The second-order valence-electron chi connectivity index (χ2n) is 5.50. The number of amides is 1. The van der Waals surface area contributed by atoms with Gasteiger partial charge in [0.15, 0.2) is 11.5 Å². The van der Waals surface area contributed by atoms with Crippen LogP contribution < -0.4 is 14.8 Å². The van der Waals surface area contributed by atoms with Crippen molar-refractivity contribution in [2.75, 3.05) is 14.2 Å². The average Bonchev–Trinajstić information content (AvgIpc) is 3.16. The molecule has 1 amide bonds. The van der Waals surface area contributed by atoms with Gasteiger partial charge in [0, 0.05) is 12.4 Å². The minimum absolute atomic E-state index is 0.115. The molecule has 3 rings (SSSR count). The molecule has 3 aromatic rings. The van der Waals surface area contributed by atoms with E-state index in [0.29, 0.717) is 23.7 Å². The number of rotatable bonds is 7. The van der Waals surface area contributed by atoms with Gasteiger partial charge in [-0.1, -0.05) is 11.3 Å².